The fourth-order valence-electron chi connectivity index (χ4n) is 3.32. The van der Waals surface area contributed by atoms with E-state index in [-0.39, 0.29) is 5.41 Å². The van der Waals surface area contributed by atoms with E-state index in [1.807, 2.05) is 4.68 Å². The number of nitriles is 1. The molecule has 1 fully saturated rings. The molecule has 0 spiro atoms. The van der Waals surface area contributed by atoms with E-state index in [1.54, 1.807) is 6.33 Å². The monoisotopic (exact) mass is 274 g/mol. The highest BCUT2D eigenvalue weighted by Gasteiger charge is 2.37. The third-order valence-corrected chi connectivity index (χ3v) is 4.80. The smallest absolute Gasteiger partial charge is 0.138 e. The van der Waals surface area contributed by atoms with Crippen LogP contribution in [0.15, 0.2) is 6.33 Å². The van der Waals surface area contributed by atoms with Gasteiger partial charge in [0.15, 0.2) is 0 Å². The van der Waals surface area contributed by atoms with E-state index in [4.69, 9.17) is 0 Å². The molecule has 4 nitrogen and oxygen atoms in total. The molecule has 0 bridgehead atoms. The van der Waals surface area contributed by atoms with E-state index in [2.05, 4.69) is 43.8 Å². The second-order valence-electron chi connectivity index (χ2n) is 6.86. The van der Waals surface area contributed by atoms with Crippen molar-refractivity contribution in [2.75, 3.05) is 0 Å². The lowest BCUT2D eigenvalue weighted by Gasteiger charge is -2.36. The lowest BCUT2D eigenvalue weighted by atomic mass is 9.67. The van der Waals surface area contributed by atoms with Crippen molar-refractivity contribution in [1.82, 2.24) is 14.8 Å². The maximum atomic E-state index is 9.69. The van der Waals surface area contributed by atoms with Crippen LogP contribution in [-0.2, 0) is 6.42 Å². The fourth-order valence-corrected chi connectivity index (χ4v) is 3.32. The van der Waals surface area contributed by atoms with E-state index < -0.39 is 0 Å². The Morgan fingerprint density at radius 3 is 2.50 bits per heavy atom. The van der Waals surface area contributed by atoms with Crippen molar-refractivity contribution in [3.05, 3.63) is 12.2 Å². The molecule has 1 aromatic heterocycles. The van der Waals surface area contributed by atoms with Gasteiger partial charge in [-0.15, -0.1) is 0 Å². The molecule has 1 aliphatic carbocycles. The van der Waals surface area contributed by atoms with Gasteiger partial charge in [0.25, 0.3) is 0 Å². The van der Waals surface area contributed by atoms with Gasteiger partial charge < -0.3 is 0 Å². The Bertz CT molecular complexity index is 473. The Morgan fingerprint density at radius 1 is 1.35 bits per heavy atom. The normalized spacial score (nSPS) is 26.9. The Hall–Kier alpha value is -1.37. The molecule has 0 aliphatic heterocycles. The highest BCUT2D eigenvalue weighted by Crippen LogP contribution is 2.43. The molecule has 1 aliphatic rings. The standard InChI is InChI=1S/C16H26N4/c1-12(2)14-5-7-16(10-17,8-6-14)9-15-18-11-19-20(15)13(3)4/h11-14H,5-9H2,1-4H3. The van der Waals surface area contributed by atoms with Crippen molar-refractivity contribution in [2.24, 2.45) is 17.3 Å². The summed E-state index contributed by atoms with van der Waals surface area (Å²) in [5.41, 5.74) is -0.231. The molecule has 4 heteroatoms. The van der Waals surface area contributed by atoms with Crippen LogP contribution in [0.4, 0.5) is 0 Å². The zero-order valence-corrected chi connectivity index (χ0v) is 13.1. The van der Waals surface area contributed by atoms with Crippen LogP contribution in [0.1, 0.15) is 65.2 Å². The van der Waals surface area contributed by atoms with Crippen LogP contribution in [-0.4, -0.2) is 14.8 Å². The van der Waals surface area contributed by atoms with Gasteiger partial charge in [0.1, 0.15) is 12.2 Å². The summed E-state index contributed by atoms with van der Waals surface area (Å²) in [6.45, 7) is 8.79. The first-order valence-electron chi connectivity index (χ1n) is 7.77. The average Bonchev–Trinajstić information content (AvgIpc) is 2.87. The molecule has 1 heterocycles. The molecule has 0 N–H and O–H groups in total. The van der Waals surface area contributed by atoms with E-state index in [0.717, 1.165) is 36.9 Å². The first-order valence-corrected chi connectivity index (χ1v) is 7.77. The number of rotatable bonds is 4. The number of hydrogen-bond acceptors (Lipinski definition) is 3. The van der Waals surface area contributed by atoms with Crippen molar-refractivity contribution in [1.29, 1.82) is 5.26 Å². The SMILES string of the molecule is CC(C)C1CCC(C#N)(Cc2ncnn2C(C)C)CC1. The first-order chi connectivity index (χ1) is 9.47. The summed E-state index contributed by atoms with van der Waals surface area (Å²) in [5.74, 6) is 2.47. The molecule has 0 radical (unpaired) electrons. The molecular weight excluding hydrogens is 248 g/mol. The number of hydrogen-bond donors (Lipinski definition) is 0. The largest absolute Gasteiger partial charge is 0.248 e. The molecule has 20 heavy (non-hydrogen) atoms. The van der Waals surface area contributed by atoms with Crippen LogP contribution in [0.5, 0.6) is 0 Å². The van der Waals surface area contributed by atoms with Crippen LogP contribution < -0.4 is 0 Å². The first kappa shape index (κ1) is 15.0. The van der Waals surface area contributed by atoms with Crippen LogP contribution in [0, 0.1) is 28.6 Å². The summed E-state index contributed by atoms with van der Waals surface area (Å²) in [5, 5.41) is 14.0. The topological polar surface area (TPSA) is 54.5 Å². The number of aromatic nitrogens is 3. The summed E-state index contributed by atoms with van der Waals surface area (Å²) in [7, 11) is 0. The molecular formula is C16H26N4. The summed E-state index contributed by atoms with van der Waals surface area (Å²) in [4.78, 5) is 4.38. The molecule has 0 amide bonds. The Kier molecular flexibility index (Phi) is 4.47. The summed E-state index contributed by atoms with van der Waals surface area (Å²) < 4.78 is 1.95. The summed E-state index contributed by atoms with van der Waals surface area (Å²) in [6, 6.07) is 2.90. The molecule has 0 unspecified atom stereocenters. The maximum absolute atomic E-state index is 9.69. The van der Waals surface area contributed by atoms with Gasteiger partial charge in [-0.2, -0.15) is 10.4 Å². The minimum absolute atomic E-state index is 0.231. The second-order valence-corrected chi connectivity index (χ2v) is 6.86. The predicted octanol–water partition coefficient (Wildman–Crippen LogP) is 3.76. The van der Waals surface area contributed by atoms with E-state index >= 15 is 0 Å². The molecule has 0 aromatic carbocycles. The minimum atomic E-state index is -0.231. The van der Waals surface area contributed by atoms with Gasteiger partial charge in [0.05, 0.1) is 11.5 Å². The Balaban J connectivity index is 2.10. The van der Waals surface area contributed by atoms with Crippen molar-refractivity contribution >= 4 is 0 Å². The maximum Gasteiger partial charge on any atom is 0.138 e. The zero-order valence-electron chi connectivity index (χ0n) is 13.1. The minimum Gasteiger partial charge on any atom is -0.248 e. The van der Waals surface area contributed by atoms with Gasteiger partial charge >= 0.3 is 0 Å². The van der Waals surface area contributed by atoms with Crippen molar-refractivity contribution < 1.29 is 0 Å². The van der Waals surface area contributed by atoms with E-state index in [9.17, 15) is 5.26 Å². The van der Waals surface area contributed by atoms with Gasteiger partial charge in [-0.05, 0) is 51.4 Å². The van der Waals surface area contributed by atoms with Crippen LogP contribution >= 0.6 is 0 Å². The average molecular weight is 274 g/mol. The highest BCUT2D eigenvalue weighted by atomic mass is 15.3. The van der Waals surface area contributed by atoms with Gasteiger partial charge in [-0.25, -0.2) is 9.67 Å². The molecule has 0 atom stereocenters. The Morgan fingerprint density at radius 2 is 2.00 bits per heavy atom. The molecule has 1 aromatic rings. The molecule has 2 rings (SSSR count). The Labute approximate surface area is 122 Å². The summed E-state index contributed by atoms with van der Waals surface area (Å²) in [6.07, 6.45) is 6.68. The predicted molar refractivity (Wildman–Crippen MR) is 79.0 cm³/mol. The van der Waals surface area contributed by atoms with Gasteiger partial charge in [-0.1, -0.05) is 13.8 Å². The third-order valence-electron chi connectivity index (χ3n) is 4.80. The van der Waals surface area contributed by atoms with Gasteiger partial charge in [0.2, 0.25) is 0 Å². The van der Waals surface area contributed by atoms with Gasteiger partial charge in [0, 0.05) is 12.5 Å². The van der Waals surface area contributed by atoms with Gasteiger partial charge in [-0.3, -0.25) is 0 Å². The van der Waals surface area contributed by atoms with Crippen LogP contribution in [0.2, 0.25) is 0 Å². The second kappa shape index (κ2) is 5.95. The summed E-state index contributed by atoms with van der Waals surface area (Å²) >= 11 is 0. The third kappa shape index (κ3) is 3.03. The lowest BCUT2D eigenvalue weighted by Crippen LogP contribution is -2.31. The van der Waals surface area contributed by atoms with E-state index in [0.29, 0.717) is 6.04 Å². The van der Waals surface area contributed by atoms with Crippen LogP contribution in [0.25, 0.3) is 0 Å². The number of nitrogens with zero attached hydrogens (tertiary/aromatic N) is 4. The van der Waals surface area contributed by atoms with Crippen LogP contribution in [0.3, 0.4) is 0 Å². The quantitative estimate of drug-likeness (QED) is 0.840. The molecule has 0 saturated heterocycles. The molecule has 1 saturated carbocycles. The molecule has 110 valence electrons. The van der Waals surface area contributed by atoms with Crippen molar-refractivity contribution in [3.63, 3.8) is 0 Å². The fraction of sp³-hybridized carbons (Fsp3) is 0.812. The highest BCUT2D eigenvalue weighted by molar-refractivity contribution is 5.08. The van der Waals surface area contributed by atoms with Crippen molar-refractivity contribution in [3.8, 4) is 6.07 Å². The lowest BCUT2D eigenvalue weighted by molar-refractivity contribution is 0.171. The van der Waals surface area contributed by atoms with E-state index in [1.165, 1.54) is 12.8 Å². The zero-order chi connectivity index (χ0) is 14.8. The van der Waals surface area contributed by atoms with Crippen molar-refractivity contribution in [2.45, 2.75) is 65.8 Å².